The second kappa shape index (κ2) is 10.7. The van der Waals surface area contributed by atoms with E-state index in [1.54, 1.807) is 7.11 Å². The van der Waals surface area contributed by atoms with Crippen LogP contribution in [0.1, 0.15) is 43.7 Å². The number of carbonyl (C=O) groups excluding carboxylic acids is 1. The molecule has 1 saturated heterocycles. The smallest absolute Gasteiger partial charge is 0.307 e. The second-order valence-electron chi connectivity index (χ2n) is 8.71. The van der Waals surface area contributed by atoms with Gasteiger partial charge in [-0.25, -0.2) is 4.98 Å². The van der Waals surface area contributed by atoms with Gasteiger partial charge in [0.1, 0.15) is 0 Å². The molecule has 2 atom stereocenters. The number of nitrogens with one attached hydrogen (secondary N) is 1. The van der Waals surface area contributed by atoms with Gasteiger partial charge < -0.3 is 24.6 Å². The molecule has 0 bridgehead atoms. The fraction of sp³-hybridized carbons (Fsp3) is 0.609. The molecule has 0 saturated carbocycles. The van der Waals surface area contributed by atoms with Crippen molar-refractivity contribution < 1.29 is 19.4 Å². The Labute approximate surface area is 183 Å². The standard InChI is InChI=1S/C23H34N4O4/c1-16(2)15-27(18-12-17(23(29)30)13-24-14-18)22(28)21-25-19-8-4-5-9-20(19)26(21)10-6-7-11-31-3/h4-5,8-9,16-18,24H,6-7,10-15H2,1-3H3,(H,29,30)/t17-,18+/m1/s1. The molecule has 1 fully saturated rings. The van der Waals surface area contributed by atoms with Crippen molar-refractivity contribution in [2.45, 2.75) is 45.7 Å². The van der Waals surface area contributed by atoms with Crippen molar-refractivity contribution in [1.82, 2.24) is 19.8 Å². The molecule has 0 unspecified atom stereocenters. The number of aryl methyl sites for hydroxylation is 1. The number of benzene rings is 1. The summed E-state index contributed by atoms with van der Waals surface area (Å²) in [6, 6.07) is 7.62. The van der Waals surface area contributed by atoms with Crippen LogP contribution in [0.15, 0.2) is 24.3 Å². The van der Waals surface area contributed by atoms with E-state index in [9.17, 15) is 14.7 Å². The summed E-state index contributed by atoms with van der Waals surface area (Å²) in [5, 5.41) is 12.7. The summed E-state index contributed by atoms with van der Waals surface area (Å²) in [5.74, 6) is -0.756. The first-order chi connectivity index (χ1) is 14.9. The van der Waals surface area contributed by atoms with Crippen LogP contribution in [0, 0.1) is 11.8 Å². The van der Waals surface area contributed by atoms with Gasteiger partial charge in [-0.1, -0.05) is 26.0 Å². The van der Waals surface area contributed by atoms with Gasteiger partial charge >= 0.3 is 5.97 Å². The van der Waals surface area contributed by atoms with Crippen molar-refractivity contribution in [3.05, 3.63) is 30.1 Å². The zero-order chi connectivity index (χ0) is 22.4. The number of hydrogen-bond acceptors (Lipinski definition) is 5. The number of hydrogen-bond donors (Lipinski definition) is 2. The van der Waals surface area contributed by atoms with Gasteiger partial charge in [-0.05, 0) is 37.3 Å². The molecule has 0 aliphatic carbocycles. The molecule has 1 aliphatic heterocycles. The highest BCUT2D eigenvalue weighted by atomic mass is 16.5. The zero-order valence-corrected chi connectivity index (χ0v) is 18.7. The highest BCUT2D eigenvalue weighted by Crippen LogP contribution is 2.23. The van der Waals surface area contributed by atoms with Gasteiger partial charge in [0, 0.05) is 45.9 Å². The fourth-order valence-corrected chi connectivity index (χ4v) is 4.25. The molecule has 2 heterocycles. The van der Waals surface area contributed by atoms with E-state index in [1.165, 1.54) is 0 Å². The van der Waals surface area contributed by atoms with Crippen LogP contribution in [0.5, 0.6) is 0 Å². The first kappa shape index (κ1) is 23.2. The largest absolute Gasteiger partial charge is 0.481 e. The average molecular weight is 431 g/mol. The van der Waals surface area contributed by atoms with Crippen LogP contribution >= 0.6 is 0 Å². The van der Waals surface area contributed by atoms with Crippen LogP contribution in [-0.4, -0.2) is 70.8 Å². The normalized spacial score (nSPS) is 19.1. The Balaban J connectivity index is 1.92. The number of unbranched alkanes of at least 4 members (excludes halogenated alkanes) is 1. The fourth-order valence-electron chi connectivity index (χ4n) is 4.25. The van der Waals surface area contributed by atoms with Crippen molar-refractivity contribution in [2.75, 3.05) is 33.4 Å². The van der Waals surface area contributed by atoms with Crippen molar-refractivity contribution in [3.63, 3.8) is 0 Å². The third-order valence-corrected chi connectivity index (χ3v) is 5.77. The number of carbonyl (C=O) groups is 2. The van der Waals surface area contributed by atoms with Gasteiger partial charge in [0.25, 0.3) is 5.91 Å². The topological polar surface area (TPSA) is 96.7 Å². The molecule has 1 aliphatic rings. The second-order valence-corrected chi connectivity index (χ2v) is 8.71. The van der Waals surface area contributed by atoms with Gasteiger partial charge in [-0.2, -0.15) is 0 Å². The maximum Gasteiger partial charge on any atom is 0.307 e. The molecule has 170 valence electrons. The number of ether oxygens (including phenoxy) is 1. The lowest BCUT2D eigenvalue weighted by Crippen LogP contribution is -2.53. The summed E-state index contributed by atoms with van der Waals surface area (Å²) in [4.78, 5) is 31.9. The number of carboxylic acids is 1. The third-order valence-electron chi connectivity index (χ3n) is 5.77. The van der Waals surface area contributed by atoms with Gasteiger partial charge in [0.05, 0.1) is 17.0 Å². The number of aromatic nitrogens is 2. The number of nitrogens with zero attached hydrogens (tertiary/aromatic N) is 3. The van der Waals surface area contributed by atoms with E-state index in [-0.39, 0.29) is 17.9 Å². The first-order valence-corrected chi connectivity index (χ1v) is 11.1. The van der Waals surface area contributed by atoms with Crippen LogP contribution in [0.3, 0.4) is 0 Å². The average Bonchev–Trinajstić information content (AvgIpc) is 3.13. The van der Waals surface area contributed by atoms with Crippen LogP contribution < -0.4 is 5.32 Å². The van der Waals surface area contributed by atoms with E-state index in [4.69, 9.17) is 9.72 Å². The number of imidazole rings is 1. The van der Waals surface area contributed by atoms with Crippen LogP contribution in [0.2, 0.25) is 0 Å². The minimum Gasteiger partial charge on any atom is -0.481 e. The molecule has 1 amide bonds. The Morgan fingerprint density at radius 3 is 2.77 bits per heavy atom. The molecule has 8 nitrogen and oxygen atoms in total. The minimum atomic E-state index is -0.820. The highest BCUT2D eigenvalue weighted by molar-refractivity contribution is 5.95. The van der Waals surface area contributed by atoms with Gasteiger partial charge in [-0.15, -0.1) is 0 Å². The number of aliphatic carboxylic acids is 1. The third kappa shape index (κ3) is 5.62. The Morgan fingerprint density at radius 2 is 2.06 bits per heavy atom. The monoisotopic (exact) mass is 430 g/mol. The number of rotatable bonds is 10. The van der Waals surface area contributed by atoms with Gasteiger partial charge in [0.2, 0.25) is 0 Å². The van der Waals surface area contributed by atoms with Crippen molar-refractivity contribution >= 4 is 22.9 Å². The van der Waals surface area contributed by atoms with Crippen molar-refractivity contribution in [2.24, 2.45) is 11.8 Å². The summed E-state index contributed by atoms with van der Waals surface area (Å²) in [6.07, 6.45) is 2.23. The lowest BCUT2D eigenvalue weighted by atomic mass is 9.94. The molecule has 2 aromatic rings. The predicted octanol–water partition coefficient (Wildman–Crippen LogP) is 2.62. The van der Waals surface area contributed by atoms with Crippen LogP contribution in [0.4, 0.5) is 0 Å². The molecule has 0 spiro atoms. The lowest BCUT2D eigenvalue weighted by molar-refractivity contribution is -0.142. The number of fused-ring (bicyclic) bond motifs is 1. The summed E-state index contributed by atoms with van der Waals surface area (Å²) >= 11 is 0. The summed E-state index contributed by atoms with van der Waals surface area (Å²) in [7, 11) is 1.69. The van der Waals surface area contributed by atoms with Gasteiger partial charge in [-0.3, -0.25) is 9.59 Å². The van der Waals surface area contributed by atoms with E-state index in [1.807, 2.05) is 33.7 Å². The van der Waals surface area contributed by atoms with E-state index in [0.29, 0.717) is 45.0 Å². The maximum atomic E-state index is 13.8. The summed E-state index contributed by atoms with van der Waals surface area (Å²) < 4.78 is 7.17. The molecule has 1 aromatic heterocycles. The molecule has 0 radical (unpaired) electrons. The SMILES string of the molecule is COCCCCn1c(C(=O)N(CC(C)C)[C@@H]2CNC[C@H](C(=O)O)C2)nc2ccccc21. The summed E-state index contributed by atoms with van der Waals surface area (Å²) in [5.41, 5.74) is 1.74. The minimum absolute atomic E-state index is 0.130. The Bertz CT molecular complexity index is 895. The van der Waals surface area contributed by atoms with Crippen LogP contribution in [0.25, 0.3) is 11.0 Å². The first-order valence-electron chi connectivity index (χ1n) is 11.1. The predicted molar refractivity (Wildman–Crippen MR) is 119 cm³/mol. The van der Waals surface area contributed by atoms with E-state index >= 15 is 0 Å². The Hall–Kier alpha value is -2.45. The Kier molecular flexibility index (Phi) is 8.03. The van der Waals surface area contributed by atoms with E-state index < -0.39 is 11.9 Å². The molecule has 3 rings (SSSR count). The van der Waals surface area contributed by atoms with E-state index in [2.05, 4.69) is 19.2 Å². The van der Waals surface area contributed by atoms with Crippen molar-refractivity contribution in [3.8, 4) is 0 Å². The maximum absolute atomic E-state index is 13.8. The zero-order valence-electron chi connectivity index (χ0n) is 18.7. The van der Waals surface area contributed by atoms with Crippen molar-refractivity contribution in [1.29, 1.82) is 0 Å². The van der Waals surface area contributed by atoms with E-state index in [0.717, 1.165) is 23.9 Å². The lowest BCUT2D eigenvalue weighted by Gasteiger charge is -2.37. The quantitative estimate of drug-likeness (QED) is 0.563. The number of carboxylic acid groups (broad SMARTS) is 1. The molecule has 8 heteroatoms. The molecule has 1 aromatic carbocycles. The number of para-hydroxylation sites is 2. The molecule has 31 heavy (non-hydrogen) atoms. The Morgan fingerprint density at radius 1 is 1.29 bits per heavy atom. The number of piperidine rings is 1. The highest BCUT2D eigenvalue weighted by Gasteiger charge is 2.35. The number of methoxy groups -OCH3 is 1. The molecule has 2 N–H and O–H groups in total. The molecular weight excluding hydrogens is 396 g/mol. The summed E-state index contributed by atoms with van der Waals surface area (Å²) in [6.45, 7) is 7.09. The van der Waals surface area contributed by atoms with Crippen LogP contribution in [-0.2, 0) is 16.1 Å². The van der Waals surface area contributed by atoms with Gasteiger partial charge in [0.15, 0.2) is 5.82 Å². The number of amides is 1. The molecular formula is C23H34N4O4.